The zero-order chi connectivity index (χ0) is 15.6. The van der Waals surface area contributed by atoms with Crippen molar-refractivity contribution in [2.75, 3.05) is 12.4 Å². The minimum absolute atomic E-state index is 0.425. The molecule has 0 radical (unpaired) electrons. The highest BCUT2D eigenvalue weighted by molar-refractivity contribution is 5.95. The van der Waals surface area contributed by atoms with Crippen molar-refractivity contribution in [2.24, 2.45) is 12.8 Å². The van der Waals surface area contributed by atoms with Gasteiger partial charge in [0.25, 0.3) is 0 Å². The van der Waals surface area contributed by atoms with Gasteiger partial charge in [-0.2, -0.15) is 5.10 Å². The molecule has 0 aliphatic carbocycles. The first-order valence-electron chi connectivity index (χ1n) is 6.65. The van der Waals surface area contributed by atoms with Crippen LogP contribution in [0.3, 0.4) is 0 Å². The van der Waals surface area contributed by atoms with Crippen LogP contribution in [0.4, 0.5) is 5.69 Å². The summed E-state index contributed by atoms with van der Waals surface area (Å²) in [5.41, 5.74) is 9.49. The number of methoxy groups -OCH3 is 1. The number of hydrogen-bond acceptors (Lipinski definition) is 4. The second kappa shape index (κ2) is 5.87. The van der Waals surface area contributed by atoms with Crippen LogP contribution in [0.25, 0.3) is 0 Å². The van der Waals surface area contributed by atoms with Gasteiger partial charge in [-0.3, -0.25) is 4.79 Å². The third-order valence-electron chi connectivity index (χ3n) is 3.54. The number of aromatic nitrogens is 2. The zero-order valence-corrected chi connectivity index (χ0v) is 12.7. The van der Waals surface area contributed by atoms with E-state index in [0.717, 1.165) is 28.4 Å². The molecule has 0 atom stereocenters. The molecular formula is C15H20N4O2. The van der Waals surface area contributed by atoms with E-state index < -0.39 is 5.91 Å². The number of anilines is 1. The molecule has 112 valence electrons. The lowest BCUT2D eigenvalue weighted by atomic mass is 10.1. The molecule has 0 spiro atoms. The highest BCUT2D eigenvalue weighted by atomic mass is 16.5. The second-order valence-corrected chi connectivity index (χ2v) is 4.89. The van der Waals surface area contributed by atoms with E-state index in [1.165, 1.54) is 0 Å². The summed E-state index contributed by atoms with van der Waals surface area (Å²) in [6.07, 6.45) is 0. The standard InChI is InChI=1S/C15H20N4O2/c1-9-11(14(16)20)6-5-7-13(9)17-8-12-10(2)18-19(3)15(12)21-4/h5-7,17H,8H2,1-4H3,(H2,16,20). The quantitative estimate of drug-likeness (QED) is 0.878. The number of ether oxygens (including phenoxy) is 1. The van der Waals surface area contributed by atoms with Gasteiger partial charge in [-0.1, -0.05) is 6.07 Å². The number of nitrogens with one attached hydrogen (secondary N) is 1. The van der Waals surface area contributed by atoms with Gasteiger partial charge in [0, 0.05) is 24.8 Å². The van der Waals surface area contributed by atoms with Gasteiger partial charge in [0.1, 0.15) is 0 Å². The smallest absolute Gasteiger partial charge is 0.249 e. The summed E-state index contributed by atoms with van der Waals surface area (Å²) in [6, 6.07) is 5.45. The maximum absolute atomic E-state index is 11.4. The summed E-state index contributed by atoms with van der Waals surface area (Å²) in [7, 11) is 3.47. The fourth-order valence-corrected chi connectivity index (χ4v) is 2.42. The molecule has 0 saturated heterocycles. The van der Waals surface area contributed by atoms with Crippen LogP contribution in [-0.4, -0.2) is 22.8 Å². The minimum Gasteiger partial charge on any atom is -0.481 e. The molecule has 0 saturated carbocycles. The molecule has 2 aromatic rings. The molecule has 0 aliphatic heterocycles. The number of carbonyl (C=O) groups excluding carboxylic acids is 1. The average molecular weight is 288 g/mol. The molecule has 0 aliphatic rings. The largest absolute Gasteiger partial charge is 0.481 e. The summed E-state index contributed by atoms with van der Waals surface area (Å²) in [6.45, 7) is 4.37. The van der Waals surface area contributed by atoms with Gasteiger partial charge >= 0.3 is 0 Å². The van der Waals surface area contributed by atoms with Crippen LogP contribution in [0, 0.1) is 13.8 Å². The van der Waals surface area contributed by atoms with E-state index in [4.69, 9.17) is 10.5 Å². The van der Waals surface area contributed by atoms with Crippen molar-refractivity contribution in [1.82, 2.24) is 9.78 Å². The molecule has 1 aromatic carbocycles. The van der Waals surface area contributed by atoms with Crippen molar-refractivity contribution in [3.05, 3.63) is 40.6 Å². The summed E-state index contributed by atoms with van der Waals surface area (Å²) in [5.74, 6) is 0.301. The number of amides is 1. The van der Waals surface area contributed by atoms with E-state index in [1.54, 1.807) is 17.9 Å². The molecule has 6 nitrogen and oxygen atoms in total. The van der Waals surface area contributed by atoms with Crippen LogP contribution >= 0.6 is 0 Å². The van der Waals surface area contributed by atoms with Crippen molar-refractivity contribution in [3.63, 3.8) is 0 Å². The highest BCUT2D eigenvalue weighted by Crippen LogP contribution is 2.24. The fourth-order valence-electron chi connectivity index (χ4n) is 2.42. The second-order valence-electron chi connectivity index (χ2n) is 4.89. The number of carbonyl (C=O) groups is 1. The zero-order valence-electron chi connectivity index (χ0n) is 12.7. The highest BCUT2D eigenvalue weighted by Gasteiger charge is 2.14. The van der Waals surface area contributed by atoms with Crippen molar-refractivity contribution in [2.45, 2.75) is 20.4 Å². The van der Waals surface area contributed by atoms with Gasteiger partial charge < -0.3 is 15.8 Å². The third-order valence-corrected chi connectivity index (χ3v) is 3.54. The van der Waals surface area contributed by atoms with Gasteiger partial charge in [0.15, 0.2) is 0 Å². The first kappa shape index (κ1) is 14.9. The Morgan fingerprint density at radius 1 is 1.43 bits per heavy atom. The molecule has 1 aromatic heterocycles. The van der Waals surface area contributed by atoms with E-state index in [1.807, 2.05) is 33.0 Å². The number of rotatable bonds is 5. The number of benzene rings is 1. The van der Waals surface area contributed by atoms with E-state index in [-0.39, 0.29) is 0 Å². The molecule has 0 bridgehead atoms. The van der Waals surface area contributed by atoms with Crippen LogP contribution in [0.5, 0.6) is 5.88 Å². The Labute approximate surface area is 123 Å². The molecule has 0 fully saturated rings. The molecule has 1 amide bonds. The Morgan fingerprint density at radius 2 is 2.14 bits per heavy atom. The number of nitrogens with zero attached hydrogens (tertiary/aromatic N) is 2. The molecule has 2 rings (SSSR count). The molecule has 6 heteroatoms. The Bertz CT molecular complexity index is 677. The SMILES string of the molecule is COc1c(CNc2cccc(C(N)=O)c2C)c(C)nn1C. The Hall–Kier alpha value is -2.50. The number of primary amides is 1. The van der Waals surface area contributed by atoms with E-state index in [9.17, 15) is 4.79 Å². The van der Waals surface area contributed by atoms with E-state index >= 15 is 0 Å². The monoisotopic (exact) mass is 288 g/mol. The Balaban J connectivity index is 2.25. The summed E-state index contributed by atoms with van der Waals surface area (Å²) < 4.78 is 7.07. The van der Waals surface area contributed by atoms with E-state index in [0.29, 0.717) is 12.1 Å². The van der Waals surface area contributed by atoms with Crippen LogP contribution in [0.1, 0.15) is 27.2 Å². The minimum atomic E-state index is -0.425. The van der Waals surface area contributed by atoms with E-state index in [2.05, 4.69) is 10.4 Å². The summed E-state index contributed by atoms with van der Waals surface area (Å²) in [5, 5.41) is 7.65. The predicted octanol–water partition coefficient (Wildman–Crippen LogP) is 1.76. The van der Waals surface area contributed by atoms with Crippen LogP contribution in [0.2, 0.25) is 0 Å². The molecule has 21 heavy (non-hydrogen) atoms. The Kier molecular flexibility index (Phi) is 4.16. The average Bonchev–Trinajstić information content (AvgIpc) is 2.70. The first-order valence-corrected chi connectivity index (χ1v) is 6.65. The maximum Gasteiger partial charge on any atom is 0.249 e. The third kappa shape index (κ3) is 2.84. The number of nitrogens with two attached hydrogens (primary N) is 1. The summed E-state index contributed by atoms with van der Waals surface area (Å²) >= 11 is 0. The summed E-state index contributed by atoms with van der Waals surface area (Å²) in [4.78, 5) is 11.4. The van der Waals surface area contributed by atoms with Gasteiger partial charge in [-0.05, 0) is 31.5 Å². The number of hydrogen-bond donors (Lipinski definition) is 2. The van der Waals surface area contributed by atoms with Crippen LogP contribution in [0.15, 0.2) is 18.2 Å². The van der Waals surface area contributed by atoms with Gasteiger partial charge in [0.2, 0.25) is 11.8 Å². The normalized spacial score (nSPS) is 10.5. The maximum atomic E-state index is 11.4. The molecule has 0 unspecified atom stereocenters. The molecule has 3 N–H and O–H groups in total. The van der Waals surface area contributed by atoms with Gasteiger partial charge in [-0.25, -0.2) is 4.68 Å². The first-order chi connectivity index (χ1) is 9.95. The van der Waals surface area contributed by atoms with Gasteiger partial charge in [-0.15, -0.1) is 0 Å². The van der Waals surface area contributed by atoms with Gasteiger partial charge in [0.05, 0.1) is 18.4 Å². The lowest BCUT2D eigenvalue weighted by Gasteiger charge is -2.12. The molecular weight excluding hydrogens is 268 g/mol. The Morgan fingerprint density at radius 3 is 2.76 bits per heavy atom. The fraction of sp³-hybridized carbons (Fsp3) is 0.333. The predicted molar refractivity (Wildman–Crippen MR) is 81.5 cm³/mol. The van der Waals surface area contributed by atoms with Crippen molar-refractivity contribution >= 4 is 11.6 Å². The van der Waals surface area contributed by atoms with Crippen molar-refractivity contribution in [1.29, 1.82) is 0 Å². The number of aryl methyl sites for hydroxylation is 2. The van der Waals surface area contributed by atoms with Crippen LogP contribution < -0.4 is 15.8 Å². The molecule has 1 heterocycles. The van der Waals surface area contributed by atoms with Crippen LogP contribution in [-0.2, 0) is 13.6 Å². The van der Waals surface area contributed by atoms with Crippen molar-refractivity contribution in [3.8, 4) is 5.88 Å². The lowest BCUT2D eigenvalue weighted by Crippen LogP contribution is -2.14. The topological polar surface area (TPSA) is 82.2 Å². The lowest BCUT2D eigenvalue weighted by molar-refractivity contribution is 0.1000. The van der Waals surface area contributed by atoms with Crippen molar-refractivity contribution < 1.29 is 9.53 Å².